The van der Waals surface area contributed by atoms with Gasteiger partial charge in [0.25, 0.3) is 0 Å². The van der Waals surface area contributed by atoms with Crippen LogP contribution < -0.4 is 10.6 Å². The lowest BCUT2D eigenvalue weighted by atomic mass is 9.77. The average molecular weight is 578 g/mol. The molecule has 6 rings (SSSR count). The fraction of sp³-hybridized carbons (Fsp3) is 0.625. The molecule has 3 fully saturated rings. The van der Waals surface area contributed by atoms with Crippen LogP contribution in [0.3, 0.4) is 0 Å². The summed E-state index contributed by atoms with van der Waals surface area (Å²) in [4.78, 5) is 51.1. The van der Waals surface area contributed by atoms with Gasteiger partial charge in [0.2, 0.25) is 17.7 Å². The number of aryl methyl sites for hydroxylation is 3. The number of hydrogen-bond acceptors (Lipinski definition) is 6. The molecule has 1 aromatic heterocycles. The van der Waals surface area contributed by atoms with Gasteiger partial charge in [-0.25, -0.2) is 4.98 Å². The highest BCUT2D eigenvalue weighted by Crippen LogP contribution is 2.37. The van der Waals surface area contributed by atoms with Crippen molar-refractivity contribution in [1.29, 1.82) is 0 Å². The molecule has 3 saturated heterocycles. The van der Waals surface area contributed by atoms with Gasteiger partial charge in [0.15, 0.2) is 0 Å². The largest absolute Gasteiger partial charge is 0.344 e. The number of fused-ring (bicyclic) bond motifs is 5. The number of benzene rings is 1. The highest BCUT2D eigenvalue weighted by atomic mass is 32.1. The third kappa shape index (κ3) is 6.67. The van der Waals surface area contributed by atoms with E-state index in [9.17, 15) is 14.4 Å². The zero-order chi connectivity index (χ0) is 28.3. The summed E-state index contributed by atoms with van der Waals surface area (Å²) in [5.74, 6) is 0.431. The summed E-state index contributed by atoms with van der Waals surface area (Å²) in [5, 5.41) is 7.16. The fourth-order valence-electron chi connectivity index (χ4n) is 7.45. The Kier molecular flexibility index (Phi) is 8.72. The Hall–Kier alpha value is -2.78. The standard InChI is InChI=1S/C32H43N5O3S/c1-21-32(40)37-18-23-16-24(19-36(17-23)20-30-35-25-10-5-6-12-28(25)41-30)27(37)11-7-13-29(38)34-26(31(39)33-21)15-14-22-8-3-2-4-9-22/h2-4,8-9,21,23-24,26-27H,5-7,10-20H2,1H3,(H,33,39)(H,34,38)/t21-,23+,24-,26+,27+/m1/s1. The number of rotatable bonds is 5. The van der Waals surface area contributed by atoms with Crippen LogP contribution in [0.5, 0.6) is 0 Å². The van der Waals surface area contributed by atoms with E-state index in [1.165, 1.54) is 34.8 Å². The maximum Gasteiger partial charge on any atom is 0.245 e. The summed E-state index contributed by atoms with van der Waals surface area (Å²) in [7, 11) is 0. The van der Waals surface area contributed by atoms with Crippen molar-refractivity contribution in [1.82, 2.24) is 25.4 Å². The van der Waals surface area contributed by atoms with E-state index >= 15 is 0 Å². The Labute approximate surface area is 247 Å². The van der Waals surface area contributed by atoms with Crippen LogP contribution in [0.1, 0.15) is 73.0 Å². The van der Waals surface area contributed by atoms with Gasteiger partial charge < -0.3 is 15.5 Å². The number of carbonyl (C=O) groups is 3. The molecule has 5 atom stereocenters. The van der Waals surface area contributed by atoms with Crippen LogP contribution in [0.2, 0.25) is 0 Å². The summed E-state index contributed by atoms with van der Waals surface area (Å²) < 4.78 is 0. The number of piperidine rings is 2. The molecule has 0 radical (unpaired) electrons. The lowest BCUT2D eigenvalue weighted by Gasteiger charge is -2.51. The molecule has 9 heteroatoms. The van der Waals surface area contributed by atoms with Gasteiger partial charge in [0.1, 0.15) is 17.1 Å². The van der Waals surface area contributed by atoms with Crippen LogP contribution >= 0.6 is 11.3 Å². The minimum absolute atomic E-state index is 0.00723. The molecule has 0 saturated carbocycles. The molecule has 2 aromatic rings. The van der Waals surface area contributed by atoms with E-state index < -0.39 is 12.1 Å². The number of nitrogens with one attached hydrogen (secondary N) is 2. The van der Waals surface area contributed by atoms with Crippen LogP contribution in [0.15, 0.2) is 30.3 Å². The molecule has 4 heterocycles. The minimum atomic E-state index is -0.654. The van der Waals surface area contributed by atoms with Gasteiger partial charge >= 0.3 is 0 Å². The molecule has 4 aliphatic rings. The normalized spacial score (nSPS) is 29.4. The number of amides is 3. The average Bonchev–Trinajstić information content (AvgIpc) is 3.38. The van der Waals surface area contributed by atoms with Crippen molar-refractivity contribution in [2.45, 2.75) is 95.8 Å². The number of nitrogens with zero attached hydrogens (tertiary/aromatic N) is 3. The molecular formula is C32H43N5O3S. The minimum Gasteiger partial charge on any atom is -0.344 e. The lowest BCUT2D eigenvalue weighted by molar-refractivity contribution is -0.145. The Morgan fingerprint density at radius 1 is 0.976 bits per heavy atom. The molecule has 3 aliphatic heterocycles. The van der Waals surface area contributed by atoms with Crippen LogP contribution in [0.4, 0.5) is 0 Å². The first-order valence-electron chi connectivity index (χ1n) is 15.6. The zero-order valence-corrected chi connectivity index (χ0v) is 25.0. The van der Waals surface area contributed by atoms with Crippen LogP contribution in [0.25, 0.3) is 0 Å². The predicted octanol–water partition coefficient (Wildman–Crippen LogP) is 3.48. The number of likely N-dealkylation sites (tertiary alicyclic amines) is 1. The number of hydrogen-bond donors (Lipinski definition) is 2. The molecule has 41 heavy (non-hydrogen) atoms. The monoisotopic (exact) mass is 577 g/mol. The number of carbonyl (C=O) groups excluding carboxylic acids is 3. The summed E-state index contributed by atoms with van der Waals surface area (Å²) in [6.45, 7) is 5.32. The highest BCUT2D eigenvalue weighted by molar-refractivity contribution is 7.11. The molecule has 3 amide bonds. The van der Waals surface area contributed by atoms with E-state index in [1.807, 2.05) is 41.7 Å². The topological polar surface area (TPSA) is 94.6 Å². The predicted molar refractivity (Wildman–Crippen MR) is 159 cm³/mol. The molecule has 0 unspecified atom stereocenters. The molecule has 0 spiro atoms. The SMILES string of the molecule is C[C@H]1NC(=O)[C@H](CCc2ccccc2)NC(=O)CCC[C@H]2[C@@H]3C[C@@H](CN(Cc4nc5c(s4)CCCC5)C3)CN2C1=O. The quantitative estimate of drug-likeness (QED) is 0.568. The molecular weight excluding hydrogens is 534 g/mol. The van der Waals surface area contributed by atoms with E-state index in [2.05, 4.69) is 20.4 Å². The smallest absolute Gasteiger partial charge is 0.245 e. The van der Waals surface area contributed by atoms with Gasteiger partial charge in [0.05, 0.1) is 12.2 Å². The van der Waals surface area contributed by atoms with Crippen LogP contribution in [-0.4, -0.2) is 70.3 Å². The second-order valence-corrected chi connectivity index (χ2v) is 13.7. The Morgan fingerprint density at radius 3 is 2.63 bits per heavy atom. The molecule has 220 valence electrons. The van der Waals surface area contributed by atoms with Crippen molar-refractivity contribution in [3.8, 4) is 0 Å². The maximum atomic E-state index is 13.8. The van der Waals surface area contributed by atoms with Gasteiger partial charge in [-0.15, -0.1) is 11.3 Å². The van der Waals surface area contributed by atoms with Crippen molar-refractivity contribution in [2.24, 2.45) is 11.8 Å². The van der Waals surface area contributed by atoms with E-state index in [0.717, 1.165) is 44.5 Å². The van der Waals surface area contributed by atoms with Gasteiger partial charge in [0, 0.05) is 37.0 Å². The maximum absolute atomic E-state index is 13.8. The first-order valence-corrected chi connectivity index (χ1v) is 16.4. The first-order chi connectivity index (χ1) is 19.9. The highest BCUT2D eigenvalue weighted by Gasteiger charge is 2.44. The van der Waals surface area contributed by atoms with Crippen molar-refractivity contribution in [2.75, 3.05) is 19.6 Å². The Morgan fingerprint density at radius 2 is 1.80 bits per heavy atom. The Balaban J connectivity index is 1.13. The molecule has 8 nitrogen and oxygen atoms in total. The van der Waals surface area contributed by atoms with Crippen molar-refractivity contribution in [3.05, 3.63) is 51.5 Å². The van der Waals surface area contributed by atoms with Gasteiger partial charge in [-0.1, -0.05) is 30.3 Å². The van der Waals surface area contributed by atoms with Gasteiger partial charge in [-0.2, -0.15) is 0 Å². The van der Waals surface area contributed by atoms with E-state index in [1.54, 1.807) is 6.92 Å². The van der Waals surface area contributed by atoms with Crippen LogP contribution in [-0.2, 0) is 40.2 Å². The van der Waals surface area contributed by atoms with Gasteiger partial charge in [-0.3, -0.25) is 19.3 Å². The summed E-state index contributed by atoms with van der Waals surface area (Å²) >= 11 is 1.90. The van der Waals surface area contributed by atoms with Crippen molar-refractivity contribution >= 4 is 29.1 Å². The lowest BCUT2D eigenvalue weighted by Crippen LogP contribution is -2.62. The third-order valence-electron chi connectivity index (χ3n) is 9.43. The van der Waals surface area contributed by atoms with E-state index in [0.29, 0.717) is 44.1 Å². The molecule has 1 aliphatic carbocycles. The van der Waals surface area contributed by atoms with Crippen molar-refractivity contribution in [3.63, 3.8) is 0 Å². The summed E-state index contributed by atoms with van der Waals surface area (Å²) in [6.07, 6.45) is 9.00. The Bertz CT molecular complexity index is 1230. The fourth-order valence-corrected chi connectivity index (χ4v) is 8.65. The second-order valence-electron chi connectivity index (χ2n) is 12.6. The molecule has 2 bridgehead atoms. The van der Waals surface area contributed by atoms with E-state index in [4.69, 9.17) is 4.98 Å². The molecule has 1 aromatic carbocycles. The second kappa shape index (κ2) is 12.6. The zero-order valence-electron chi connectivity index (χ0n) is 24.1. The van der Waals surface area contributed by atoms with Gasteiger partial charge in [-0.05, 0) is 82.1 Å². The summed E-state index contributed by atoms with van der Waals surface area (Å²) in [5.41, 5.74) is 2.44. The van der Waals surface area contributed by atoms with Crippen LogP contribution in [0, 0.1) is 11.8 Å². The summed E-state index contributed by atoms with van der Waals surface area (Å²) in [6, 6.07) is 8.78. The number of aromatic nitrogens is 1. The number of thiazole rings is 1. The van der Waals surface area contributed by atoms with Crippen molar-refractivity contribution < 1.29 is 14.4 Å². The molecule has 2 N–H and O–H groups in total. The third-order valence-corrected chi connectivity index (χ3v) is 10.6. The first kappa shape index (κ1) is 28.3. The van der Waals surface area contributed by atoms with E-state index in [-0.39, 0.29) is 23.8 Å².